The maximum atomic E-state index is 11.8. The molecule has 0 aliphatic carbocycles. The van der Waals surface area contributed by atoms with Gasteiger partial charge in [-0.05, 0) is 30.7 Å². The van der Waals surface area contributed by atoms with Crippen molar-refractivity contribution in [2.45, 2.75) is 25.8 Å². The normalized spacial score (nSPS) is 9.76. The molecule has 0 saturated heterocycles. The van der Waals surface area contributed by atoms with E-state index in [0.717, 1.165) is 29.5 Å². The van der Waals surface area contributed by atoms with Crippen molar-refractivity contribution < 1.29 is 26.3 Å². The van der Waals surface area contributed by atoms with Crippen LogP contribution in [0, 0.1) is 0 Å². The van der Waals surface area contributed by atoms with Crippen LogP contribution in [0.25, 0.3) is 0 Å². The number of amides is 1. The van der Waals surface area contributed by atoms with Crippen LogP contribution < -0.4 is 26.9 Å². The van der Waals surface area contributed by atoms with Gasteiger partial charge in [0.2, 0.25) is 5.91 Å². The smallest absolute Gasteiger partial charge is 0.224 e. The van der Waals surface area contributed by atoms with E-state index < -0.39 is 0 Å². The summed E-state index contributed by atoms with van der Waals surface area (Å²) < 4.78 is 3.14. The van der Waals surface area contributed by atoms with E-state index in [1.165, 1.54) is 0 Å². The molecule has 2 rings (SSSR count). The van der Waals surface area contributed by atoms with Gasteiger partial charge in [-0.1, -0.05) is 22.0 Å². The quantitative estimate of drug-likeness (QED) is 0.544. The fourth-order valence-electron chi connectivity index (χ4n) is 1.92. The molecular weight excluding hydrogens is 396 g/mol. The van der Waals surface area contributed by atoms with Gasteiger partial charge in [-0.2, -0.15) is 0 Å². The van der Waals surface area contributed by atoms with E-state index in [9.17, 15) is 4.79 Å². The Morgan fingerprint density at radius 3 is 2.38 bits per heavy atom. The number of nitrogens with zero attached hydrogens (tertiary/aromatic N) is 1. The second-order valence-electron chi connectivity index (χ2n) is 4.63. The zero-order chi connectivity index (χ0) is 14.2. The number of carbonyl (C=O) groups excluding carboxylic acids is 1. The predicted molar refractivity (Wildman–Crippen MR) is 83.3 cm³/mol. The van der Waals surface area contributed by atoms with Crippen molar-refractivity contribution in [1.29, 1.82) is 0 Å². The van der Waals surface area contributed by atoms with Crippen molar-refractivity contribution >= 4 is 27.5 Å². The van der Waals surface area contributed by atoms with Gasteiger partial charge in [0.1, 0.15) is 6.54 Å². The summed E-state index contributed by atoms with van der Waals surface area (Å²) >= 11 is 3.37. The summed E-state index contributed by atoms with van der Waals surface area (Å²) in [6, 6.07) is 13.6. The molecule has 0 aliphatic heterocycles. The third-order valence-corrected chi connectivity index (χ3v) is 3.50. The van der Waals surface area contributed by atoms with E-state index in [2.05, 4.69) is 25.8 Å². The maximum absolute atomic E-state index is 11.8. The number of aromatic nitrogens is 1. The second kappa shape index (κ2) is 9.68. The van der Waals surface area contributed by atoms with Gasteiger partial charge in [-0.3, -0.25) is 4.79 Å². The van der Waals surface area contributed by atoms with Gasteiger partial charge in [0.05, 0.1) is 0 Å². The Morgan fingerprint density at radius 2 is 1.71 bits per heavy atom. The average Bonchev–Trinajstić information content (AvgIpc) is 2.47. The van der Waals surface area contributed by atoms with Crippen LogP contribution in [0.5, 0.6) is 0 Å². The van der Waals surface area contributed by atoms with E-state index in [4.69, 9.17) is 0 Å². The molecule has 0 unspecified atom stereocenters. The summed E-state index contributed by atoms with van der Waals surface area (Å²) in [5.41, 5.74) is 0.843. The number of hydrogen-bond acceptors (Lipinski definition) is 1. The molecule has 21 heavy (non-hydrogen) atoms. The number of halogens is 2. The van der Waals surface area contributed by atoms with Crippen LogP contribution in [0.3, 0.4) is 0 Å². The Hall–Kier alpha value is -1.20. The highest BCUT2D eigenvalue weighted by atomic mass is 79.9. The van der Waals surface area contributed by atoms with Crippen molar-refractivity contribution in [1.82, 2.24) is 0 Å². The van der Waals surface area contributed by atoms with Gasteiger partial charge >= 0.3 is 0 Å². The zero-order valence-electron chi connectivity index (χ0n) is 11.6. The fourth-order valence-corrected chi connectivity index (χ4v) is 2.18. The van der Waals surface area contributed by atoms with Gasteiger partial charge in [0, 0.05) is 35.1 Å². The molecule has 1 amide bonds. The summed E-state index contributed by atoms with van der Waals surface area (Å²) in [5, 5.41) is 2.90. The topological polar surface area (TPSA) is 33.0 Å². The Bertz CT molecular complexity index is 544. The van der Waals surface area contributed by atoms with E-state index in [1.54, 1.807) is 0 Å². The number of pyridine rings is 1. The minimum atomic E-state index is 0. The van der Waals surface area contributed by atoms with Crippen LogP contribution >= 0.6 is 15.9 Å². The summed E-state index contributed by atoms with van der Waals surface area (Å²) in [6.07, 6.45) is 6.54. The molecule has 1 aromatic carbocycles. The van der Waals surface area contributed by atoms with Crippen molar-refractivity contribution in [3.05, 3.63) is 59.3 Å². The molecule has 1 heterocycles. The number of carbonyl (C=O) groups is 1. The molecule has 0 saturated carbocycles. The molecule has 5 heteroatoms. The fraction of sp³-hybridized carbons (Fsp3) is 0.250. The monoisotopic (exact) mass is 412 g/mol. The number of hydrogen-bond donors (Lipinski definition) is 1. The van der Waals surface area contributed by atoms with Crippen LogP contribution in [0.15, 0.2) is 59.3 Å². The summed E-state index contributed by atoms with van der Waals surface area (Å²) in [5.74, 6) is 0.0744. The number of aryl methyl sites for hydroxylation is 1. The number of unbranched alkanes of at least 4 members (excludes halogenated alkanes) is 1. The second-order valence-corrected chi connectivity index (χ2v) is 5.54. The predicted octanol–water partition coefficient (Wildman–Crippen LogP) is 0.550. The van der Waals surface area contributed by atoms with Crippen molar-refractivity contribution in [3.8, 4) is 0 Å². The lowest BCUT2D eigenvalue weighted by Crippen LogP contribution is -3.00. The third-order valence-electron chi connectivity index (χ3n) is 2.98. The molecule has 0 fully saturated rings. The highest BCUT2D eigenvalue weighted by Gasteiger charge is 2.04. The lowest BCUT2D eigenvalue weighted by atomic mass is 10.2. The Morgan fingerprint density at radius 1 is 1.05 bits per heavy atom. The molecule has 0 bridgehead atoms. The van der Waals surface area contributed by atoms with E-state index in [-0.39, 0.29) is 22.9 Å². The highest BCUT2D eigenvalue weighted by Crippen LogP contribution is 2.14. The first kappa shape index (κ1) is 17.9. The highest BCUT2D eigenvalue weighted by molar-refractivity contribution is 9.10. The zero-order valence-corrected chi connectivity index (χ0v) is 14.8. The van der Waals surface area contributed by atoms with Crippen LogP contribution in [0.2, 0.25) is 0 Å². The average molecular weight is 414 g/mol. The van der Waals surface area contributed by atoms with E-state index >= 15 is 0 Å². The molecule has 0 atom stereocenters. The van der Waals surface area contributed by atoms with E-state index in [1.807, 2.05) is 54.9 Å². The molecule has 2 aromatic rings. The van der Waals surface area contributed by atoms with Gasteiger partial charge < -0.3 is 22.3 Å². The first-order valence-electron chi connectivity index (χ1n) is 6.73. The van der Waals surface area contributed by atoms with Gasteiger partial charge in [-0.15, -0.1) is 0 Å². The summed E-state index contributed by atoms with van der Waals surface area (Å²) in [4.78, 5) is 11.8. The molecule has 112 valence electrons. The number of nitrogens with one attached hydrogen (secondary N) is 1. The van der Waals surface area contributed by atoms with Crippen LogP contribution in [-0.4, -0.2) is 5.91 Å². The molecule has 3 nitrogen and oxygen atoms in total. The standard InChI is InChI=1S/C16H17BrN2O.BrH/c17-14-7-9-15(10-8-14)18-16(20)6-2-5-13-19-11-3-1-4-12-19;/h1,3-4,7-12H,2,5-6,13H2;1H. The van der Waals surface area contributed by atoms with Crippen molar-refractivity contribution in [3.63, 3.8) is 0 Å². The molecule has 0 aliphatic rings. The van der Waals surface area contributed by atoms with E-state index in [0.29, 0.717) is 6.42 Å². The Labute approximate surface area is 144 Å². The lowest BCUT2D eigenvalue weighted by Gasteiger charge is -2.04. The first-order chi connectivity index (χ1) is 9.74. The third kappa shape index (κ3) is 6.87. The summed E-state index contributed by atoms with van der Waals surface area (Å²) in [6.45, 7) is 0.951. The number of benzene rings is 1. The molecule has 1 N–H and O–H groups in total. The van der Waals surface area contributed by atoms with Crippen molar-refractivity contribution in [2.24, 2.45) is 0 Å². The maximum Gasteiger partial charge on any atom is 0.224 e. The number of anilines is 1. The molecule has 0 radical (unpaired) electrons. The Balaban J connectivity index is 0.00000220. The number of rotatable bonds is 6. The molecule has 0 spiro atoms. The van der Waals surface area contributed by atoms with Crippen LogP contribution in [0.1, 0.15) is 19.3 Å². The van der Waals surface area contributed by atoms with Gasteiger partial charge in [-0.25, -0.2) is 4.57 Å². The summed E-state index contributed by atoms with van der Waals surface area (Å²) in [7, 11) is 0. The SMILES string of the molecule is O=C(CCCC[n+]1ccccc1)Nc1ccc(Br)cc1.[Br-]. The van der Waals surface area contributed by atoms with Gasteiger partial charge in [0.15, 0.2) is 12.4 Å². The lowest BCUT2D eigenvalue weighted by molar-refractivity contribution is -0.697. The Kier molecular flexibility index (Phi) is 8.23. The molecular formula is C16H18Br2N2O. The minimum Gasteiger partial charge on any atom is -1.00 e. The minimum absolute atomic E-state index is 0. The van der Waals surface area contributed by atoms with Gasteiger partial charge in [0.25, 0.3) is 0 Å². The van der Waals surface area contributed by atoms with Crippen molar-refractivity contribution in [2.75, 3.05) is 5.32 Å². The van der Waals surface area contributed by atoms with Crippen LogP contribution in [-0.2, 0) is 11.3 Å². The molecule has 1 aromatic heterocycles. The largest absolute Gasteiger partial charge is 1.00 e. The first-order valence-corrected chi connectivity index (χ1v) is 7.53. The van der Waals surface area contributed by atoms with Crippen LogP contribution in [0.4, 0.5) is 5.69 Å².